The summed E-state index contributed by atoms with van der Waals surface area (Å²) in [4.78, 5) is 4.22. The van der Waals surface area contributed by atoms with Crippen LogP contribution in [0.2, 0.25) is 0 Å². The summed E-state index contributed by atoms with van der Waals surface area (Å²) in [6.45, 7) is 2.05. The van der Waals surface area contributed by atoms with Gasteiger partial charge >= 0.3 is 0 Å². The summed E-state index contributed by atoms with van der Waals surface area (Å²) >= 11 is 0. The van der Waals surface area contributed by atoms with Crippen LogP contribution in [0, 0.1) is 11.3 Å². The van der Waals surface area contributed by atoms with Crippen molar-refractivity contribution in [3.63, 3.8) is 0 Å². The zero-order valence-electron chi connectivity index (χ0n) is 19.6. The van der Waals surface area contributed by atoms with E-state index in [1.165, 1.54) is 0 Å². The number of hydrogen-bond donors (Lipinski definition) is 5. The number of pyridine rings is 1. The molecule has 0 amide bonds. The lowest BCUT2D eigenvalue weighted by Gasteiger charge is -2.56. The van der Waals surface area contributed by atoms with Crippen molar-refractivity contribution in [2.24, 2.45) is 11.3 Å². The first-order valence-electron chi connectivity index (χ1n) is 12.6. The summed E-state index contributed by atoms with van der Waals surface area (Å²) in [5.41, 5.74) is -1.48. The van der Waals surface area contributed by atoms with Gasteiger partial charge in [-0.2, -0.15) is 0 Å². The van der Waals surface area contributed by atoms with E-state index in [0.717, 1.165) is 16.3 Å². The normalized spacial score (nSPS) is 48.1. The van der Waals surface area contributed by atoms with Gasteiger partial charge in [-0.25, -0.2) is 0 Å². The van der Waals surface area contributed by atoms with Crippen LogP contribution >= 0.6 is 0 Å². The number of rotatable bonds is 1. The molecule has 1 saturated heterocycles. The number of aliphatic hydroxyl groups excluding tert-OH is 4. The molecule has 2 bridgehead atoms. The number of aromatic nitrogens is 1. The summed E-state index contributed by atoms with van der Waals surface area (Å²) in [6.07, 6.45) is 5.48. The Hall–Kier alpha value is -2.13. The van der Waals surface area contributed by atoms with E-state index in [1.807, 2.05) is 37.3 Å². The largest absolute Gasteiger partial charge is 0.390 e. The van der Waals surface area contributed by atoms with Crippen LogP contribution in [-0.4, -0.2) is 66.1 Å². The Morgan fingerprint density at radius 2 is 1.89 bits per heavy atom. The summed E-state index contributed by atoms with van der Waals surface area (Å²) in [7, 11) is 0. The van der Waals surface area contributed by atoms with Crippen LogP contribution in [0.25, 0.3) is 10.8 Å². The molecule has 1 aromatic heterocycles. The molecule has 1 unspecified atom stereocenters. The highest BCUT2D eigenvalue weighted by Gasteiger charge is 2.73. The second-order valence-electron chi connectivity index (χ2n) is 11.6. The van der Waals surface area contributed by atoms with Gasteiger partial charge in [-0.15, -0.1) is 0 Å². The van der Waals surface area contributed by atoms with Crippen molar-refractivity contribution in [3.8, 4) is 0 Å². The van der Waals surface area contributed by atoms with Gasteiger partial charge in [0.25, 0.3) is 0 Å². The van der Waals surface area contributed by atoms with Crippen molar-refractivity contribution >= 4 is 10.8 Å². The highest BCUT2D eigenvalue weighted by molar-refractivity contribution is 5.82. The van der Waals surface area contributed by atoms with Gasteiger partial charge in [0.1, 0.15) is 17.8 Å². The Kier molecular flexibility index (Phi) is 4.29. The van der Waals surface area contributed by atoms with Crippen molar-refractivity contribution in [3.05, 3.63) is 65.5 Å². The monoisotopic (exact) mass is 477 g/mol. The second kappa shape index (κ2) is 6.79. The first kappa shape index (κ1) is 22.1. The number of nitrogens with zero attached hydrogens (tertiary/aromatic N) is 1. The van der Waals surface area contributed by atoms with Gasteiger partial charge in [0, 0.05) is 35.5 Å². The minimum absolute atomic E-state index is 0.169. The van der Waals surface area contributed by atoms with Crippen LogP contribution in [0.15, 0.2) is 60.0 Å². The second-order valence-corrected chi connectivity index (χ2v) is 11.6. The molecule has 3 fully saturated rings. The lowest BCUT2D eigenvalue weighted by molar-refractivity contribution is -0.192. The topological polar surface area (TPSA) is 123 Å². The predicted octanol–water partition coefficient (Wildman–Crippen LogP) is 1.85. The third-order valence-corrected chi connectivity index (χ3v) is 10.1. The van der Waals surface area contributed by atoms with Gasteiger partial charge in [-0.3, -0.25) is 4.98 Å². The van der Waals surface area contributed by atoms with Crippen LogP contribution in [0.3, 0.4) is 0 Å². The van der Waals surface area contributed by atoms with Gasteiger partial charge in [0.05, 0.1) is 23.4 Å². The molecule has 2 spiro atoms. The molecule has 5 N–H and O–H groups in total. The number of fused-ring (bicyclic) bond motifs is 2. The molecule has 7 heteroatoms. The van der Waals surface area contributed by atoms with E-state index >= 15 is 0 Å². The highest BCUT2D eigenvalue weighted by Crippen LogP contribution is 2.70. The smallest absolute Gasteiger partial charge is 0.121 e. The molecule has 2 aliphatic heterocycles. The van der Waals surface area contributed by atoms with Crippen molar-refractivity contribution in [1.82, 2.24) is 4.98 Å². The molecule has 2 saturated carbocycles. The van der Waals surface area contributed by atoms with E-state index in [0.29, 0.717) is 36.8 Å². The minimum atomic E-state index is -1.48. The van der Waals surface area contributed by atoms with Crippen molar-refractivity contribution in [2.75, 3.05) is 0 Å². The van der Waals surface area contributed by atoms with Gasteiger partial charge in [-0.1, -0.05) is 31.2 Å². The molecule has 184 valence electrons. The molecule has 9 atom stereocenters. The standard InChI is InChI=1S/C28H31NO6/c1-25-6-4-17-11-19-23(32)24(33)20(30)13-26(19)7-8-27(17,35-26)21(25)12-22(31)28(25,34)18-3-2-15-5-9-29-14-16(15)10-18/h2-5,9-11,14,20-24,30-34H,6-8,12-13H2,1H3/t20-,21+,22+,23+,24+,25-,26+,27?,28+/m0/s1. The van der Waals surface area contributed by atoms with Crippen molar-refractivity contribution in [2.45, 2.75) is 80.2 Å². The Balaban J connectivity index is 1.36. The Bertz CT molecular complexity index is 1310. The lowest BCUT2D eigenvalue weighted by atomic mass is 9.56. The predicted molar refractivity (Wildman–Crippen MR) is 127 cm³/mol. The number of allylic oxidation sites excluding steroid dienone is 1. The molecule has 5 aliphatic rings. The van der Waals surface area contributed by atoms with E-state index < -0.39 is 46.6 Å². The number of ether oxygens (including phenoxy) is 1. The summed E-state index contributed by atoms with van der Waals surface area (Å²) in [5, 5.41) is 57.3. The average Bonchev–Trinajstić information content (AvgIpc) is 3.27. The Morgan fingerprint density at radius 3 is 2.71 bits per heavy atom. The molecule has 3 heterocycles. The summed E-state index contributed by atoms with van der Waals surface area (Å²) in [6, 6.07) is 7.72. The van der Waals surface area contributed by atoms with Gasteiger partial charge in [0.15, 0.2) is 0 Å². The molecule has 3 aliphatic carbocycles. The van der Waals surface area contributed by atoms with E-state index in [2.05, 4.69) is 11.1 Å². The number of hydrogen-bond acceptors (Lipinski definition) is 7. The molecular formula is C28H31NO6. The third-order valence-electron chi connectivity index (χ3n) is 10.1. The molecule has 0 radical (unpaired) electrons. The lowest BCUT2D eigenvalue weighted by Crippen LogP contribution is -2.60. The maximum absolute atomic E-state index is 12.3. The maximum Gasteiger partial charge on any atom is 0.121 e. The van der Waals surface area contributed by atoms with Crippen molar-refractivity contribution in [1.29, 1.82) is 0 Å². The number of benzene rings is 1. The first-order valence-corrected chi connectivity index (χ1v) is 12.6. The summed E-state index contributed by atoms with van der Waals surface area (Å²) in [5.74, 6) is -0.169. The average molecular weight is 478 g/mol. The fourth-order valence-corrected chi connectivity index (χ4v) is 8.28. The molecule has 35 heavy (non-hydrogen) atoms. The molecule has 7 rings (SSSR count). The minimum Gasteiger partial charge on any atom is -0.390 e. The summed E-state index contributed by atoms with van der Waals surface area (Å²) < 4.78 is 6.90. The quantitative estimate of drug-likeness (QED) is 0.425. The van der Waals surface area contributed by atoms with Gasteiger partial charge < -0.3 is 30.3 Å². The van der Waals surface area contributed by atoms with E-state index in [-0.39, 0.29) is 12.3 Å². The van der Waals surface area contributed by atoms with Crippen LogP contribution in [0.4, 0.5) is 0 Å². The van der Waals surface area contributed by atoms with Crippen LogP contribution in [0.5, 0.6) is 0 Å². The Labute approximate surface area is 203 Å². The fourth-order valence-electron chi connectivity index (χ4n) is 8.28. The zero-order chi connectivity index (χ0) is 24.4. The van der Waals surface area contributed by atoms with Gasteiger partial charge in [0.2, 0.25) is 0 Å². The van der Waals surface area contributed by atoms with E-state index in [9.17, 15) is 25.5 Å². The molecule has 1 aromatic carbocycles. The highest BCUT2D eigenvalue weighted by atomic mass is 16.5. The van der Waals surface area contributed by atoms with Crippen LogP contribution < -0.4 is 0 Å². The van der Waals surface area contributed by atoms with Crippen LogP contribution in [0.1, 0.15) is 44.6 Å². The molecular weight excluding hydrogens is 446 g/mol. The van der Waals surface area contributed by atoms with E-state index in [1.54, 1.807) is 12.4 Å². The van der Waals surface area contributed by atoms with Crippen LogP contribution in [-0.2, 0) is 10.3 Å². The molecule has 2 aromatic rings. The fraction of sp³-hybridized carbons (Fsp3) is 0.536. The first-order chi connectivity index (χ1) is 16.6. The Morgan fingerprint density at radius 1 is 1.06 bits per heavy atom. The third kappa shape index (κ3) is 2.49. The zero-order valence-corrected chi connectivity index (χ0v) is 19.6. The number of aliphatic hydroxyl groups is 5. The SMILES string of the molecule is C[C@]12CC=C3C=C4[C@@H](O)[C@H](O)[C@@H](O)C[C@]45CCC3(O5)[C@@H]1C[C@@H](O)[C@]2(O)c1ccc2ccncc2c1. The molecule has 7 nitrogen and oxygen atoms in total. The van der Waals surface area contributed by atoms with E-state index in [4.69, 9.17) is 4.74 Å². The van der Waals surface area contributed by atoms with Gasteiger partial charge in [-0.05, 0) is 59.9 Å². The maximum atomic E-state index is 12.3. The van der Waals surface area contributed by atoms with Crippen molar-refractivity contribution < 1.29 is 30.3 Å².